The van der Waals surface area contributed by atoms with Gasteiger partial charge in [-0.3, -0.25) is 5.10 Å². The Bertz CT molecular complexity index is 808. The summed E-state index contributed by atoms with van der Waals surface area (Å²) in [6.07, 6.45) is 3.27. The molecule has 0 amide bonds. The molecule has 1 saturated heterocycles. The lowest BCUT2D eigenvalue weighted by Crippen LogP contribution is -2.10. The van der Waals surface area contributed by atoms with E-state index in [-0.39, 0.29) is 6.10 Å². The second-order valence-corrected chi connectivity index (χ2v) is 5.55. The molecule has 2 N–H and O–H groups in total. The van der Waals surface area contributed by atoms with Crippen molar-refractivity contribution >= 4 is 24.4 Å². The third-order valence-corrected chi connectivity index (χ3v) is 3.74. The number of carboxylic acids is 1. The number of ether oxygens (including phenoxy) is 2. The first-order valence-corrected chi connectivity index (χ1v) is 7.83. The van der Waals surface area contributed by atoms with Crippen LogP contribution in [-0.4, -0.2) is 45.4 Å². The van der Waals surface area contributed by atoms with E-state index >= 15 is 0 Å². The van der Waals surface area contributed by atoms with Gasteiger partial charge >= 0.3 is 5.97 Å². The SMILES string of the molecule is O=C(O)COc1ccccc1/C=N\n1c([C@@H]2CCCO2)n[nH]c1=S. The Labute approximate surface area is 142 Å². The Morgan fingerprint density at radius 3 is 3.17 bits per heavy atom. The Morgan fingerprint density at radius 1 is 1.58 bits per heavy atom. The lowest BCUT2D eigenvalue weighted by atomic mass is 10.2. The fourth-order valence-electron chi connectivity index (χ4n) is 2.38. The highest BCUT2D eigenvalue weighted by atomic mass is 32.1. The summed E-state index contributed by atoms with van der Waals surface area (Å²) in [7, 11) is 0. The van der Waals surface area contributed by atoms with Gasteiger partial charge < -0.3 is 14.6 Å². The molecule has 1 fully saturated rings. The van der Waals surface area contributed by atoms with Crippen molar-refractivity contribution in [2.45, 2.75) is 18.9 Å². The number of aliphatic carboxylic acids is 1. The van der Waals surface area contributed by atoms with Crippen molar-refractivity contribution in [3.8, 4) is 5.75 Å². The lowest BCUT2D eigenvalue weighted by Gasteiger charge is -2.08. The molecule has 9 heteroatoms. The van der Waals surface area contributed by atoms with E-state index in [9.17, 15) is 4.79 Å². The van der Waals surface area contributed by atoms with E-state index in [1.54, 1.807) is 24.4 Å². The molecule has 0 radical (unpaired) electrons. The second-order valence-electron chi connectivity index (χ2n) is 5.17. The molecule has 1 aromatic carbocycles. The van der Waals surface area contributed by atoms with Crippen molar-refractivity contribution < 1.29 is 19.4 Å². The highest BCUT2D eigenvalue weighted by Crippen LogP contribution is 2.27. The molecule has 1 aliphatic rings. The number of benzene rings is 1. The van der Waals surface area contributed by atoms with Crippen LogP contribution in [0.25, 0.3) is 0 Å². The normalized spacial score (nSPS) is 17.4. The zero-order valence-corrected chi connectivity index (χ0v) is 13.5. The van der Waals surface area contributed by atoms with Crippen molar-refractivity contribution in [2.24, 2.45) is 5.10 Å². The first kappa shape index (κ1) is 16.3. The number of carboxylic acid groups (broad SMARTS) is 1. The zero-order chi connectivity index (χ0) is 16.9. The number of aromatic nitrogens is 3. The summed E-state index contributed by atoms with van der Waals surface area (Å²) >= 11 is 5.21. The van der Waals surface area contributed by atoms with Crippen LogP contribution in [0.5, 0.6) is 5.75 Å². The topological polar surface area (TPSA) is 102 Å². The number of hydrogen-bond donors (Lipinski definition) is 2. The first-order chi connectivity index (χ1) is 11.6. The maximum Gasteiger partial charge on any atom is 0.341 e. The van der Waals surface area contributed by atoms with Crippen LogP contribution in [0.2, 0.25) is 0 Å². The predicted molar refractivity (Wildman–Crippen MR) is 87.9 cm³/mol. The van der Waals surface area contributed by atoms with E-state index in [2.05, 4.69) is 15.3 Å². The molecule has 8 nitrogen and oxygen atoms in total. The minimum absolute atomic E-state index is 0.131. The van der Waals surface area contributed by atoms with Crippen LogP contribution in [0.3, 0.4) is 0 Å². The van der Waals surface area contributed by atoms with Crippen LogP contribution < -0.4 is 4.74 Å². The van der Waals surface area contributed by atoms with E-state index in [0.717, 1.165) is 12.8 Å². The smallest absolute Gasteiger partial charge is 0.341 e. The molecule has 0 aliphatic carbocycles. The monoisotopic (exact) mass is 348 g/mol. The van der Waals surface area contributed by atoms with Gasteiger partial charge in [0, 0.05) is 12.2 Å². The molecule has 0 unspecified atom stereocenters. The summed E-state index contributed by atoms with van der Waals surface area (Å²) < 4.78 is 12.7. The van der Waals surface area contributed by atoms with Gasteiger partial charge in [-0.25, -0.2) is 4.79 Å². The molecular weight excluding hydrogens is 332 g/mol. The lowest BCUT2D eigenvalue weighted by molar-refractivity contribution is -0.139. The molecule has 0 spiro atoms. The maximum atomic E-state index is 10.7. The summed E-state index contributed by atoms with van der Waals surface area (Å²) in [5.41, 5.74) is 0.639. The van der Waals surface area contributed by atoms with Gasteiger partial charge in [0.05, 0.1) is 6.21 Å². The van der Waals surface area contributed by atoms with E-state index in [0.29, 0.717) is 28.5 Å². The number of hydrogen-bond acceptors (Lipinski definition) is 6. The van der Waals surface area contributed by atoms with Crippen molar-refractivity contribution in [1.82, 2.24) is 14.9 Å². The highest BCUT2D eigenvalue weighted by Gasteiger charge is 2.23. The molecule has 0 saturated carbocycles. The van der Waals surface area contributed by atoms with E-state index in [4.69, 9.17) is 26.8 Å². The van der Waals surface area contributed by atoms with Gasteiger partial charge in [-0.05, 0) is 37.2 Å². The molecule has 0 bridgehead atoms. The highest BCUT2D eigenvalue weighted by molar-refractivity contribution is 7.71. The van der Waals surface area contributed by atoms with Crippen molar-refractivity contribution in [1.29, 1.82) is 0 Å². The van der Waals surface area contributed by atoms with Gasteiger partial charge in [0.25, 0.3) is 0 Å². The van der Waals surface area contributed by atoms with Crippen molar-refractivity contribution in [3.05, 3.63) is 40.4 Å². The van der Waals surface area contributed by atoms with Crippen LogP contribution in [0.4, 0.5) is 0 Å². The number of aromatic amines is 1. The second kappa shape index (κ2) is 7.37. The molecule has 1 aromatic heterocycles. The quantitative estimate of drug-likeness (QED) is 0.612. The Balaban J connectivity index is 1.85. The van der Waals surface area contributed by atoms with Crippen LogP contribution in [-0.2, 0) is 9.53 Å². The first-order valence-electron chi connectivity index (χ1n) is 7.42. The van der Waals surface area contributed by atoms with Crippen molar-refractivity contribution in [3.63, 3.8) is 0 Å². The third kappa shape index (κ3) is 3.69. The minimum Gasteiger partial charge on any atom is -0.481 e. The fraction of sp³-hybridized carbons (Fsp3) is 0.333. The van der Waals surface area contributed by atoms with Crippen molar-refractivity contribution in [2.75, 3.05) is 13.2 Å². The molecule has 2 heterocycles. The summed E-state index contributed by atoms with van der Waals surface area (Å²) in [5.74, 6) is 0.00878. The number of carbonyl (C=O) groups is 1. The Morgan fingerprint density at radius 2 is 2.42 bits per heavy atom. The third-order valence-electron chi connectivity index (χ3n) is 3.48. The van der Waals surface area contributed by atoms with Crippen LogP contribution >= 0.6 is 12.2 Å². The average Bonchev–Trinajstić information content (AvgIpc) is 3.21. The number of nitrogens with one attached hydrogen (secondary N) is 1. The van der Waals surface area contributed by atoms with E-state index in [1.165, 1.54) is 4.68 Å². The molecule has 1 aliphatic heterocycles. The van der Waals surface area contributed by atoms with Gasteiger partial charge in [-0.15, -0.1) is 0 Å². The van der Waals surface area contributed by atoms with Gasteiger partial charge in [-0.2, -0.15) is 14.9 Å². The average molecular weight is 348 g/mol. The fourth-order valence-corrected chi connectivity index (χ4v) is 2.57. The molecule has 1 atom stereocenters. The molecule has 2 aromatic rings. The molecular formula is C15H16N4O4S. The van der Waals surface area contributed by atoms with Crippen LogP contribution in [0.1, 0.15) is 30.3 Å². The molecule has 24 heavy (non-hydrogen) atoms. The Kier molecular flexibility index (Phi) is 5.02. The standard InChI is InChI=1S/C15H16N4O4S/c20-13(21)9-23-11-5-2-1-4-10(11)8-16-19-14(17-18-15(19)24)12-6-3-7-22-12/h1-2,4-5,8,12H,3,6-7,9H2,(H,18,24)(H,20,21)/b16-8-/t12-/m0/s1. The minimum atomic E-state index is -1.04. The van der Waals surface area contributed by atoms with Gasteiger partial charge in [0.15, 0.2) is 12.4 Å². The largest absolute Gasteiger partial charge is 0.481 e. The number of H-pyrrole nitrogens is 1. The summed E-state index contributed by atoms with van der Waals surface area (Å²) in [4.78, 5) is 10.7. The maximum absolute atomic E-state index is 10.7. The van der Waals surface area contributed by atoms with Crippen LogP contribution in [0, 0.1) is 4.77 Å². The predicted octanol–water partition coefficient (Wildman–Crippen LogP) is 2.14. The number of para-hydroxylation sites is 1. The van der Waals surface area contributed by atoms with Gasteiger partial charge in [0.2, 0.25) is 4.77 Å². The summed E-state index contributed by atoms with van der Waals surface area (Å²) in [6.45, 7) is 0.275. The zero-order valence-electron chi connectivity index (χ0n) is 12.7. The van der Waals surface area contributed by atoms with E-state index in [1.807, 2.05) is 6.07 Å². The Hall–Kier alpha value is -2.52. The summed E-state index contributed by atoms with van der Waals surface area (Å²) in [6, 6.07) is 7.02. The molecule has 3 rings (SSSR count). The van der Waals surface area contributed by atoms with Gasteiger partial charge in [-0.1, -0.05) is 12.1 Å². The van der Waals surface area contributed by atoms with E-state index < -0.39 is 12.6 Å². The summed E-state index contributed by atoms with van der Waals surface area (Å²) in [5, 5.41) is 20.0. The van der Waals surface area contributed by atoms with Gasteiger partial charge in [0.1, 0.15) is 11.9 Å². The van der Waals surface area contributed by atoms with Crippen LogP contribution in [0.15, 0.2) is 29.4 Å². The number of nitrogens with zero attached hydrogens (tertiary/aromatic N) is 3. The molecule has 126 valence electrons. The number of rotatable bonds is 6.